The molecular formula is C28H31ClN2O11S2. The number of hydrogen-bond acceptors (Lipinski definition) is 13. The van der Waals surface area contributed by atoms with E-state index >= 15 is 0 Å². The molecule has 2 aromatic rings. The van der Waals surface area contributed by atoms with Gasteiger partial charge in [-0.2, -0.15) is 0 Å². The Balaban J connectivity index is 2.42. The summed E-state index contributed by atoms with van der Waals surface area (Å²) in [6.45, 7) is 7.27. The summed E-state index contributed by atoms with van der Waals surface area (Å²) in [5.74, 6) is -3.87. The highest BCUT2D eigenvalue weighted by Crippen LogP contribution is 2.36. The average Bonchev–Trinajstić information content (AvgIpc) is 2.91. The van der Waals surface area contributed by atoms with Crippen molar-refractivity contribution in [3.05, 3.63) is 50.0 Å². The van der Waals surface area contributed by atoms with Crippen LogP contribution in [0.3, 0.4) is 0 Å². The lowest BCUT2D eigenvalue weighted by Crippen LogP contribution is -2.60. The topological polar surface area (TPSA) is 151 Å². The number of benzene rings is 1. The van der Waals surface area contributed by atoms with Gasteiger partial charge in [0.25, 0.3) is 0 Å². The van der Waals surface area contributed by atoms with E-state index in [9.17, 15) is 24.0 Å². The second kappa shape index (κ2) is 14.9. The van der Waals surface area contributed by atoms with Crippen molar-refractivity contribution < 1.29 is 52.4 Å². The Morgan fingerprint density at radius 2 is 1.39 bits per heavy atom. The van der Waals surface area contributed by atoms with Gasteiger partial charge in [-0.3, -0.25) is 28.3 Å². The molecule has 0 radical (unpaired) electrons. The molecule has 0 spiro atoms. The molecule has 0 unspecified atom stereocenters. The van der Waals surface area contributed by atoms with E-state index in [4.69, 9.17) is 64.5 Å². The van der Waals surface area contributed by atoms with Crippen LogP contribution in [0.5, 0.6) is 0 Å². The van der Waals surface area contributed by atoms with Crippen molar-refractivity contribution in [2.45, 2.75) is 72.2 Å². The molecule has 0 aliphatic carbocycles. The van der Waals surface area contributed by atoms with E-state index in [1.165, 1.54) is 9.13 Å². The SMILES string of the molecule is CCOC(=O)c1c(C)n(-c2ccc(Cl)cc2)c(=S)n([C@@H]2O[C@H](COC(C)=O)[C@@H](OC(C)=O)[C@H](OC(C)=O)[C@H]2OC(C)=O)c1=S. The van der Waals surface area contributed by atoms with E-state index in [0.29, 0.717) is 16.4 Å². The Labute approximate surface area is 267 Å². The van der Waals surface area contributed by atoms with Crippen LogP contribution >= 0.6 is 36.0 Å². The first-order valence-corrected chi connectivity index (χ1v) is 14.5. The molecule has 0 saturated carbocycles. The molecule has 1 aliphatic rings. The number of aromatic nitrogens is 2. The van der Waals surface area contributed by atoms with Gasteiger partial charge in [0.1, 0.15) is 22.9 Å². The molecule has 238 valence electrons. The predicted octanol–water partition coefficient (Wildman–Crippen LogP) is 4.13. The van der Waals surface area contributed by atoms with E-state index in [-0.39, 0.29) is 21.6 Å². The van der Waals surface area contributed by atoms with Gasteiger partial charge >= 0.3 is 29.8 Å². The van der Waals surface area contributed by atoms with Crippen molar-refractivity contribution in [3.8, 4) is 5.69 Å². The van der Waals surface area contributed by atoms with E-state index in [1.54, 1.807) is 38.1 Å². The highest BCUT2D eigenvalue weighted by Gasteiger charge is 2.53. The van der Waals surface area contributed by atoms with Crippen LogP contribution in [0.4, 0.5) is 0 Å². The first kappa shape index (κ1) is 34.8. The molecule has 44 heavy (non-hydrogen) atoms. The van der Waals surface area contributed by atoms with Crippen LogP contribution in [0.25, 0.3) is 5.69 Å². The Bertz CT molecular complexity index is 1570. The summed E-state index contributed by atoms with van der Waals surface area (Å²) in [6.07, 6.45) is -7.21. The summed E-state index contributed by atoms with van der Waals surface area (Å²) in [5, 5.41) is 0.441. The van der Waals surface area contributed by atoms with Crippen LogP contribution < -0.4 is 0 Å². The van der Waals surface area contributed by atoms with E-state index in [0.717, 1.165) is 27.7 Å². The first-order valence-electron chi connectivity index (χ1n) is 13.3. The summed E-state index contributed by atoms with van der Waals surface area (Å²) in [5.41, 5.74) is 0.748. The summed E-state index contributed by atoms with van der Waals surface area (Å²) in [7, 11) is 0. The number of carbonyl (C=O) groups excluding carboxylic acids is 5. The summed E-state index contributed by atoms with van der Waals surface area (Å²) in [6, 6.07) is 6.53. The number of hydrogen-bond donors (Lipinski definition) is 0. The summed E-state index contributed by atoms with van der Waals surface area (Å²) >= 11 is 17.8. The fourth-order valence-electron chi connectivity index (χ4n) is 4.70. The van der Waals surface area contributed by atoms with Gasteiger partial charge in [0, 0.05) is 44.1 Å². The molecule has 16 heteroatoms. The highest BCUT2D eigenvalue weighted by atomic mass is 35.5. The largest absolute Gasteiger partial charge is 0.463 e. The van der Waals surface area contributed by atoms with Crippen LogP contribution in [-0.4, -0.2) is 76.6 Å². The Morgan fingerprint density at radius 1 is 0.841 bits per heavy atom. The van der Waals surface area contributed by atoms with E-state index in [1.807, 2.05) is 0 Å². The molecule has 1 saturated heterocycles. The second-order valence-corrected chi connectivity index (χ2v) is 10.7. The third-order valence-electron chi connectivity index (χ3n) is 6.31. The van der Waals surface area contributed by atoms with Crippen molar-refractivity contribution >= 4 is 65.9 Å². The van der Waals surface area contributed by atoms with Gasteiger partial charge in [-0.05, 0) is 50.3 Å². The maximum absolute atomic E-state index is 13.3. The molecule has 1 fully saturated rings. The Hall–Kier alpha value is -3.66. The van der Waals surface area contributed by atoms with Crippen LogP contribution in [0.1, 0.15) is 56.9 Å². The average molecular weight is 671 g/mol. The van der Waals surface area contributed by atoms with Gasteiger partial charge in [0.15, 0.2) is 29.3 Å². The van der Waals surface area contributed by atoms with Gasteiger partial charge < -0.3 is 28.4 Å². The van der Waals surface area contributed by atoms with E-state index in [2.05, 4.69) is 0 Å². The number of nitrogens with zero attached hydrogens (tertiary/aromatic N) is 2. The molecule has 1 aliphatic heterocycles. The first-order chi connectivity index (χ1) is 20.7. The quantitative estimate of drug-likeness (QED) is 0.214. The molecule has 0 amide bonds. The zero-order chi connectivity index (χ0) is 32.9. The summed E-state index contributed by atoms with van der Waals surface area (Å²) < 4.78 is 35.9. The smallest absolute Gasteiger partial charge is 0.342 e. The maximum Gasteiger partial charge on any atom is 0.342 e. The monoisotopic (exact) mass is 670 g/mol. The van der Waals surface area contributed by atoms with Crippen LogP contribution in [0.2, 0.25) is 5.02 Å². The van der Waals surface area contributed by atoms with Crippen molar-refractivity contribution in [1.82, 2.24) is 9.13 Å². The van der Waals surface area contributed by atoms with Crippen LogP contribution in [0.15, 0.2) is 24.3 Å². The molecule has 5 atom stereocenters. The lowest BCUT2D eigenvalue weighted by Gasteiger charge is -2.45. The number of ether oxygens (including phenoxy) is 6. The molecule has 0 N–H and O–H groups in total. The zero-order valence-corrected chi connectivity index (χ0v) is 27.1. The van der Waals surface area contributed by atoms with Gasteiger partial charge in [-0.1, -0.05) is 23.8 Å². The number of esters is 5. The molecule has 3 rings (SSSR count). The van der Waals surface area contributed by atoms with Gasteiger partial charge in [0.05, 0.1) is 6.61 Å². The number of rotatable bonds is 9. The normalized spacial score (nSPS) is 21.1. The number of carbonyl (C=O) groups is 5. The van der Waals surface area contributed by atoms with Gasteiger partial charge in [0.2, 0.25) is 0 Å². The maximum atomic E-state index is 13.3. The van der Waals surface area contributed by atoms with Crippen molar-refractivity contribution in [3.63, 3.8) is 0 Å². The predicted molar refractivity (Wildman–Crippen MR) is 158 cm³/mol. The Kier molecular flexibility index (Phi) is 11.8. The fraction of sp³-hybridized carbons (Fsp3) is 0.464. The highest BCUT2D eigenvalue weighted by molar-refractivity contribution is 7.72. The van der Waals surface area contributed by atoms with E-state index < -0.39 is 67.1 Å². The minimum atomic E-state index is -1.53. The Morgan fingerprint density at radius 3 is 1.91 bits per heavy atom. The minimum Gasteiger partial charge on any atom is -0.463 e. The molecule has 1 aromatic heterocycles. The van der Waals surface area contributed by atoms with Crippen molar-refractivity contribution in [2.75, 3.05) is 13.2 Å². The molecule has 0 bridgehead atoms. The minimum absolute atomic E-state index is 0.0243. The fourth-order valence-corrected chi connectivity index (χ4v) is 5.74. The molecular weight excluding hydrogens is 640 g/mol. The molecule has 1 aromatic carbocycles. The molecule has 2 heterocycles. The van der Waals surface area contributed by atoms with Crippen molar-refractivity contribution in [1.29, 1.82) is 0 Å². The van der Waals surface area contributed by atoms with Gasteiger partial charge in [-0.25, -0.2) is 4.79 Å². The standard InChI is InChI=1S/C28H31ClN2O11S2/c1-7-37-27(36)21-13(2)30(19-10-8-18(29)9-11-19)28(44)31(26(21)43)25-24(41-17(6)35)23(40-16(5)34)22(39-15(4)33)20(42-25)12-38-14(3)32/h8-11,20,22-25H,7,12H2,1-6H3/t20-,22-,23+,24-,25-/m1/s1. The van der Waals surface area contributed by atoms with Crippen LogP contribution in [-0.2, 0) is 47.6 Å². The lowest BCUT2D eigenvalue weighted by molar-refractivity contribution is -0.269. The lowest BCUT2D eigenvalue weighted by atomic mass is 9.97. The van der Waals surface area contributed by atoms with Crippen molar-refractivity contribution in [2.24, 2.45) is 0 Å². The third-order valence-corrected chi connectivity index (χ3v) is 7.34. The number of halogens is 1. The van der Waals surface area contributed by atoms with Crippen LogP contribution in [0, 0.1) is 16.3 Å². The zero-order valence-electron chi connectivity index (χ0n) is 24.7. The summed E-state index contributed by atoms with van der Waals surface area (Å²) in [4.78, 5) is 61.8. The second-order valence-electron chi connectivity index (χ2n) is 9.54. The molecule has 13 nitrogen and oxygen atoms in total. The van der Waals surface area contributed by atoms with Gasteiger partial charge in [-0.15, -0.1) is 0 Å². The third kappa shape index (κ3) is 7.88.